The summed E-state index contributed by atoms with van der Waals surface area (Å²) in [7, 11) is 1.88. The lowest BCUT2D eigenvalue weighted by Crippen LogP contribution is -2.23. The van der Waals surface area contributed by atoms with Crippen LogP contribution in [0.1, 0.15) is 30.2 Å². The molecule has 2 aromatic rings. The Kier molecular flexibility index (Phi) is 3.05. The summed E-state index contributed by atoms with van der Waals surface area (Å²) in [6.45, 7) is 4.86. The van der Waals surface area contributed by atoms with Gasteiger partial charge < -0.3 is 9.73 Å². The minimum Gasteiger partial charge on any atom is -0.464 e. The number of hydrogen-bond acceptors (Lipinski definition) is 4. The number of nitrogens with one attached hydrogen (secondary N) is 1. The maximum atomic E-state index is 5.65. The van der Waals surface area contributed by atoms with E-state index in [1.54, 1.807) is 10.9 Å². The summed E-state index contributed by atoms with van der Waals surface area (Å²) in [6.07, 6.45) is 1.76. The zero-order valence-electron chi connectivity index (χ0n) is 9.77. The summed E-state index contributed by atoms with van der Waals surface area (Å²) in [6, 6.07) is 3.96. The normalized spacial score (nSPS) is 12.9. The van der Waals surface area contributed by atoms with E-state index in [0.29, 0.717) is 0 Å². The van der Waals surface area contributed by atoms with Crippen LogP contribution in [0.2, 0.25) is 0 Å². The van der Waals surface area contributed by atoms with Crippen molar-refractivity contribution >= 4 is 0 Å². The fourth-order valence-corrected chi connectivity index (χ4v) is 1.72. The van der Waals surface area contributed by atoms with Crippen molar-refractivity contribution in [2.45, 2.75) is 19.9 Å². The number of rotatable bonds is 4. The van der Waals surface area contributed by atoms with Crippen molar-refractivity contribution in [3.05, 3.63) is 35.5 Å². The predicted octanol–water partition coefficient (Wildman–Crippen LogP) is 1.42. The molecule has 0 saturated heterocycles. The van der Waals surface area contributed by atoms with Crippen LogP contribution in [-0.2, 0) is 7.05 Å². The molecule has 0 aliphatic heterocycles. The van der Waals surface area contributed by atoms with E-state index < -0.39 is 0 Å². The molecule has 16 heavy (non-hydrogen) atoms. The average Bonchev–Trinajstić information content (AvgIpc) is 2.84. The Morgan fingerprint density at radius 2 is 2.31 bits per heavy atom. The van der Waals surface area contributed by atoms with Crippen LogP contribution in [-0.4, -0.2) is 21.5 Å². The highest BCUT2D eigenvalue weighted by Crippen LogP contribution is 2.22. The number of furan rings is 1. The van der Waals surface area contributed by atoms with Gasteiger partial charge in [0.15, 0.2) is 0 Å². The van der Waals surface area contributed by atoms with Gasteiger partial charge in [0.2, 0.25) is 0 Å². The highest BCUT2D eigenvalue weighted by molar-refractivity contribution is 5.19. The molecule has 2 heterocycles. The molecule has 2 rings (SSSR count). The topological polar surface area (TPSA) is 55.9 Å². The lowest BCUT2D eigenvalue weighted by Gasteiger charge is -2.14. The van der Waals surface area contributed by atoms with Gasteiger partial charge in [0.05, 0.1) is 11.9 Å². The highest BCUT2D eigenvalue weighted by atomic mass is 16.3. The van der Waals surface area contributed by atoms with Crippen molar-refractivity contribution < 1.29 is 4.42 Å². The van der Waals surface area contributed by atoms with E-state index in [1.807, 2.05) is 26.1 Å². The standard InChI is InChI=1S/C11H16N4O/c1-4-12-11(9-7-13-14-15(9)3)10-6-5-8(2)16-10/h5-7,11-12H,4H2,1-3H3. The van der Waals surface area contributed by atoms with Crippen LogP contribution in [0, 0.1) is 6.92 Å². The number of nitrogens with zero attached hydrogens (tertiary/aromatic N) is 3. The predicted molar refractivity (Wildman–Crippen MR) is 60.0 cm³/mol. The molecule has 0 saturated carbocycles. The van der Waals surface area contributed by atoms with Gasteiger partial charge in [-0.05, 0) is 25.6 Å². The SMILES string of the molecule is CCNC(c1ccc(C)o1)c1cnnn1C. The van der Waals surface area contributed by atoms with Gasteiger partial charge in [0.1, 0.15) is 17.6 Å². The van der Waals surface area contributed by atoms with E-state index >= 15 is 0 Å². The Bertz CT molecular complexity index is 460. The zero-order chi connectivity index (χ0) is 11.5. The molecule has 0 radical (unpaired) electrons. The lowest BCUT2D eigenvalue weighted by atomic mass is 10.1. The minimum atomic E-state index is 0.0127. The van der Waals surface area contributed by atoms with Crippen LogP contribution >= 0.6 is 0 Å². The Labute approximate surface area is 94.5 Å². The number of aryl methyl sites for hydroxylation is 2. The molecule has 0 fully saturated rings. The summed E-state index contributed by atoms with van der Waals surface area (Å²) in [5.41, 5.74) is 0.996. The van der Waals surface area contributed by atoms with E-state index in [0.717, 1.165) is 23.8 Å². The first-order valence-electron chi connectivity index (χ1n) is 5.36. The summed E-state index contributed by atoms with van der Waals surface area (Å²) >= 11 is 0. The summed E-state index contributed by atoms with van der Waals surface area (Å²) in [4.78, 5) is 0. The molecule has 0 aromatic carbocycles. The van der Waals surface area contributed by atoms with E-state index in [1.165, 1.54) is 0 Å². The first-order chi connectivity index (χ1) is 7.72. The third-order valence-corrected chi connectivity index (χ3v) is 2.50. The molecular formula is C11H16N4O. The van der Waals surface area contributed by atoms with E-state index in [2.05, 4.69) is 22.6 Å². The molecule has 1 unspecified atom stereocenters. The molecule has 0 bridgehead atoms. The molecule has 1 atom stereocenters. The molecule has 1 N–H and O–H groups in total. The molecule has 5 heteroatoms. The van der Waals surface area contributed by atoms with Crippen molar-refractivity contribution in [3.8, 4) is 0 Å². The second-order valence-electron chi connectivity index (χ2n) is 3.72. The van der Waals surface area contributed by atoms with E-state index in [9.17, 15) is 0 Å². The van der Waals surface area contributed by atoms with Gasteiger partial charge in [-0.2, -0.15) is 0 Å². The minimum absolute atomic E-state index is 0.0127. The molecule has 0 aliphatic rings. The van der Waals surface area contributed by atoms with E-state index in [4.69, 9.17) is 4.42 Å². The number of aromatic nitrogens is 3. The Hall–Kier alpha value is -1.62. The van der Waals surface area contributed by atoms with Crippen LogP contribution in [0.3, 0.4) is 0 Å². The van der Waals surface area contributed by atoms with Crippen molar-refractivity contribution in [3.63, 3.8) is 0 Å². The monoisotopic (exact) mass is 220 g/mol. The largest absolute Gasteiger partial charge is 0.464 e. The maximum Gasteiger partial charge on any atom is 0.127 e. The van der Waals surface area contributed by atoms with E-state index in [-0.39, 0.29) is 6.04 Å². The second kappa shape index (κ2) is 4.49. The maximum absolute atomic E-state index is 5.65. The van der Waals surface area contributed by atoms with Crippen LogP contribution < -0.4 is 5.32 Å². The van der Waals surface area contributed by atoms with Crippen LogP contribution in [0.4, 0.5) is 0 Å². The molecular weight excluding hydrogens is 204 g/mol. The third kappa shape index (κ3) is 1.99. The second-order valence-corrected chi connectivity index (χ2v) is 3.72. The van der Waals surface area contributed by atoms with Gasteiger partial charge in [-0.25, -0.2) is 0 Å². The summed E-state index contributed by atoms with van der Waals surface area (Å²) in [5.74, 6) is 1.80. The van der Waals surface area contributed by atoms with Gasteiger partial charge in [0, 0.05) is 7.05 Å². The summed E-state index contributed by atoms with van der Waals surface area (Å²) < 4.78 is 7.40. The van der Waals surface area contributed by atoms with Crippen LogP contribution in [0.25, 0.3) is 0 Å². The van der Waals surface area contributed by atoms with Crippen molar-refractivity contribution in [1.82, 2.24) is 20.3 Å². The van der Waals surface area contributed by atoms with Gasteiger partial charge in [-0.3, -0.25) is 4.68 Å². The van der Waals surface area contributed by atoms with Crippen molar-refractivity contribution in [2.75, 3.05) is 6.54 Å². The fourth-order valence-electron chi connectivity index (χ4n) is 1.72. The number of hydrogen-bond donors (Lipinski definition) is 1. The molecule has 0 amide bonds. The van der Waals surface area contributed by atoms with Crippen LogP contribution in [0.15, 0.2) is 22.7 Å². The quantitative estimate of drug-likeness (QED) is 0.846. The summed E-state index contributed by atoms with van der Waals surface area (Å²) in [5, 5.41) is 11.2. The molecule has 0 spiro atoms. The van der Waals surface area contributed by atoms with Gasteiger partial charge in [-0.15, -0.1) is 5.10 Å². The van der Waals surface area contributed by atoms with Gasteiger partial charge >= 0.3 is 0 Å². The molecule has 86 valence electrons. The molecule has 0 aliphatic carbocycles. The Morgan fingerprint density at radius 3 is 2.81 bits per heavy atom. The lowest BCUT2D eigenvalue weighted by molar-refractivity contribution is 0.423. The third-order valence-electron chi connectivity index (χ3n) is 2.50. The van der Waals surface area contributed by atoms with Crippen molar-refractivity contribution in [2.24, 2.45) is 7.05 Å². The molecule has 5 nitrogen and oxygen atoms in total. The average molecular weight is 220 g/mol. The van der Waals surface area contributed by atoms with Crippen molar-refractivity contribution in [1.29, 1.82) is 0 Å². The highest BCUT2D eigenvalue weighted by Gasteiger charge is 2.19. The van der Waals surface area contributed by atoms with Gasteiger partial charge in [-0.1, -0.05) is 12.1 Å². The Morgan fingerprint density at radius 1 is 1.50 bits per heavy atom. The van der Waals surface area contributed by atoms with Crippen LogP contribution in [0.5, 0.6) is 0 Å². The van der Waals surface area contributed by atoms with Gasteiger partial charge in [0.25, 0.3) is 0 Å². The smallest absolute Gasteiger partial charge is 0.127 e. The Balaban J connectivity index is 2.34. The zero-order valence-corrected chi connectivity index (χ0v) is 9.77. The first-order valence-corrected chi connectivity index (χ1v) is 5.36. The first kappa shape index (κ1) is 10.9. The molecule has 2 aromatic heterocycles. The fraction of sp³-hybridized carbons (Fsp3) is 0.455.